The average Bonchev–Trinajstić information content (AvgIpc) is 2.52. The minimum atomic E-state index is -1.00. The minimum absolute atomic E-state index is 0.0397. The molecule has 2 rings (SSSR count). The molecule has 6 nitrogen and oxygen atoms in total. The fourth-order valence-electron chi connectivity index (χ4n) is 1.78. The van der Waals surface area contributed by atoms with Gasteiger partial charge in [0.05, 0.1) is 8.49 Å². The van der Waals surface area contributed by atoms with Crippen molar-refractivity contribution in [3.63, 3.8) is 0 Å². The summed E-state index contributed by atoms with van der Waals surface area (Å²) in [6.07, 6.45) is 2.58. The van der Waals surface area contributed by atoms with Crippen LogP contribution in [0.3, 0.4) is 0 Å². The number of rotatable bonds is 6. The first-order chi connectivity index (χ1) is 11.0. The molecule has 0 aliphatic carbocycles. The van der Waals surface area contributed by atoms with E-state index in [0.717, 1.165) is 20.8 Å². The first-order valence-electron chi connectivity index (χ1n) is 6.52. The molecule has 0 atom stereocenters. The topological polar surface area (TPSA) is 89.7 Å². The number of carboxylic acids is 1. The summed E-state index contributed by atoms with van der Waals surface area (Å²) in [5.41, 5.74) is 1.62. The van der Waals surface area contributed by atoms with Crippen molar-refractivity contribution in [2.24, 2.45) is 0 Å². The lowest BCUT2D eigenvalue weighted by molar-refractivity contribution is -0.384. The Hall–Kier alpha value is -2.42. The Morgan fingerprint density at radius 2 is 1.96 bits per heavy atom. The number of carboxylic acid groups (broad SMARTS) is 1. The molecular formula is C16H12INO5. The molecule has 0 amide bonds. The van der Waals surface area contributed by atoms with Crippen molar-refractivity contribution < 1.29 is 19.6 Å². The van der Waals surface area contributed by atoms with Crippen LogP contribution in [-0.4, -0.2) is 16.0 Å². The maximum absolute atomic E-state index is 10.6. The molecule has 0 saturated heterocycles. The number of aliphatic carboxylic acids is 1. The Balaban J connectivity index is 2.03. The molecule has 23 heavy (non-hydrogen) atoms. The predicted molar refractivity (Wildman–Crippen MR) is 93.3 cm³/mol. The van der Waals surface area contributed by atoms with Crippen LogP contribution in [0.5, 0.6) is 5.75 Å². The van der Waals surface area contributed by atoms with Crippen molar-refractivity contribution in [1.82, 2.24) is 0 Å². The van der Waals surface area contributed by atoms with Crippen LogP contribution in [0.1, 0.15) is 11.1 Å². The molecule has 0 saturated carbocycles. The number of benzene rings is 2. The summed E-state index contributed by atoms with van der Waals surface area (Å²) >= 11 is 2.10. The van der Waals surface area contributed by atoms with E-state index in [1.807, 2.05) is 6.07 Å². The van der Waals surface area contributed by atoms with Crippen LogP contribution < -0.4 is 4.74 Å². The third-order valence-electron chi connectivity index (χ3n) is 2.92. The lowest BCUT2D eigenvalue weighted by Crippen LogP contribution is -1.98. The van der Waals surface area contributed by atoms with Crippen molar-refractivity contribution in [1.29, 1.82) is 0 Å². The first kappa shape index (κ1) is 16.9. The van der Waals surface area contributed by atoms with E-state index in [4.69, 9.17) is 9.84 Å². The van der Waals surface area contributed by atoms with E-state index < -0.39 is 10.9 Å². The second kappa shape index (κ2) is 7.73. The van der Waals surface area contributed by atoms with E-state index in [2.05, 4.69) is 22.6 Å². The number of carbonyl (C=O) groups is 1. The monoisotopic (exact) mass is 425 g/mol. The summed E-state index contributed by atoms with van der Waals surface area (Å²) in [4.78, 5) is 20.6. The van der Waals surface area contributed by atoms with Gasteiger partial charge >= 0.3 is 5.97 Å². The fraction of sp³-hybridized carbons (Fsp3) is 0.0625. The van der Waals surface area contributed by atoms with Gasteiger partial charge in [0.2, 0.25) is 0 Å². The standard InChI is InChI=1S/C16H12INO5/c17-14-9-11(4-8-16(19)20)3-7-15(14)23-10-12-1-5-13(6-2-12)18(21)22/h1-9H,10H2,(H,19,20)/b8-4+. The van der Waals surface area contributed by atoms with Crippen molar-refractivity contribution >= 4 is 40.3 Å². The minimum Gasteiger partial charge on any atom is -0.488 e. The lowest BCUT2D eigenvalue weighted by atomic mass is 10.2. The highest BCUT2D eigenvalue weighted by molar-refractivity contribution is 14.1. The highest BCUT2D eigenvalue weighted by Crippen LogP contribution is 2.24. The SMILES string of the molecule is O=C(O)/C=C/c1ccc(OCc2ccc([N+](=O)[O-])cc2)c(I)c1. The largest absolute Gasteiger partial charge is 0.488 e. The van der Waals surface area contributed by atoms with Gasteiger partial charge in [0.1, 0.15) is 12.4 Å². The zero-order valence-electron chi connectivity index (χ0n) is 11.8. The predicted octanol–water partition coefficient (Wildman–Crippen LogP) is 3.88. The van der Waals surface area contributed by atoms with Crippen molar-refractivity contribution in [3.8, 4) is 5.75 Å². The third kappa shape index (κ3) is 5.06. The van der Waals surface area contributed by atoms with Gasteiger partial charge in [-0.05, 0) is 64.1 Å². The molecule has 2 aromatic rings. The van der Waals surface area contributed by atoms with Gasteiger partial charge in [-0.2, -0.15) is 0 Å². The van der Waals surface area contributed by atoms with E-state index in [-0.39, 0.29) is 12.3 Å². The summed E-state index contributed by atoms with van der Waals surface area (Å²) in [7, 11) is 0. The molecule has 118 valence electrons. The quantitative estimate of drug-likeness (QED) is 0.329. The number of hydrogen-bond acceptors (Lipinski definition) is 4. The summed E-state index contributed by atoms with van der Waals surface area (Å²) in [5, 5.41) is 19.2. The number of nitro groups is 1. The second-order valence-corrected chi connectivity index (χ2v) is 5.74. The number of nitro benzene ring substituents is 1. The average molecular weight is 425 g/mol. The van der Waals surface area contributed by atoms with E-state index in [9.17, 15) is 14.9 Å². The second-order valence-electron chi connectivity index (χ2n) is 4.57. The van der Waals surface area contributed by atoms with E-state index >= 15 is 0 Å². The van der Waals surface area contributed by atoms with Crippen LogP contribution in [0, 0.1) is 13.7 Å². The van der Waals surface area contributed by atoms with E-state index in [1.54, 1.807) is 24.3 Å². The highest BCUT2D eigenvalue weighted by atomic mass is 127. The zero-order chi connectivity index (χ0) is 16.8. The van der Waals surface area contributed by atoms with Crippen LogP contribution >= 0.6 is 22.6 Å². The van der Waals surface area contributed by atoms with Gasteiger partial charge in [-0.15, -0.1) is 0 Å². The number of nitrogens with zero attached hydrogens (tertiary/aromatic N) is 1. The van der Waals surface area contributed by atoms with Gasteiger partial charge in [-0.25, -0.2) is 4.79 Å². The Morgan fingerprint density at radius 3 is 2.52 bits per heavy atom. The van der Waals surface area contributed by atoms with Crippen LogP contribution in [0.4, 0.5) is 5.69 Å². The normalized spacial score (nSPS) is 10.7. The van der Waals surface area contributed by atoms with Crippen LogP contribution in [0.15, 0.2) is 48.5 Å². The summed E-state index contributed by atoms with van der Waals surface area (Å²) in [6, 6.07) is 11.5. The van der Waals surface area contributed by atoms with Gasteiger partial charge in [0.25, 0.3) is 5.69 Å². The lowest BCUT2D eigenvalue weighted by Gasteiger charge is -2.09. The van der Waals surface area contributed by atoms with Gasteiger partial charge < -0.3 is 9.84 Å². The third-order valence-corrected chi connectivity index (χ3v) is 3.76. The summed E-state index contributed by atoms with van der Waals surface area (Å²) in [5.74, 6) is -0.338. The highest BCUT2D eigenvalue weighted by Gasteiger charge is 2.06. The molecule has 0 aromatic heterocycles. The van der Waals surface area contributed by atoms with E-state index in [0.29, 0.717) is 5.75 Å². The van der Waals surface area contributed by atoms with Gasteiger partial charge in [-0.1, -0.05) is 6.07 Å². The zero-order valence-corrected chi connectivity index (χ0v) is 14.0. The Kier molecular flexibility index (Phi) is 5.69. The maximum atomic E-state index is 10.6. The van der Waals surface area contributed by atoms with Gasteiger partial charge in [0, 0.05) is 18.2 Å². The van der Waals surface area contributed by atoms with Crippen LogP contribution in [0.2, 0.25) is 0 Å². The molecule has 0 fully saturated rings. The number of non-ortho nitro benzene ring substituents is 1. The van der Waals surface area contributed by atoms with Gasteiger partial charge in [-0.3, -0.25) is 10.1 Å². The fourth-order valence-corrected chi connectivity index (χ4v) is 2.48. The molecule has 0 bridgehead atoms. The smallest absolute Gasteiger partial charge is 0.328 e. The van der Waals surface area contributed by atoms with Crippen molar-refractivity contribution in [2.45, 2.75) is 6.61 Å². The maximum Gasteiger partial charge on any atom is 0.328 e. The molecule has 7 heteroatoms. The number of hydrogen-bond donors (Lipinski definition) is 1. The molecule has 0 aliphatic rings. The molecule has 0 unspecified atom stereocenters. The molecule has 0 heterocycles. The van der Waals surface area contributed by atoms with Crippen molar-refractivity contribution in [3.05, 3.63) is 73.4 Å². The molecule has 1 N–H and O–H groups in total. The van der Waals surface area contributed by atoms with Gasteiger partial charge in [0.15, 0.2) is 0 Å². The first-order valence-corrected chi connectivity index (χ1v) is 7.60. The molecule has 0 spiro atoms. The molecule has 0 radical (unpaired) electrons. The number of halogens is 1. The molecular weight excluding hydrogens is 413 g/mol. The number of ether oxygens (including phenoxy) is 1. The summed E-state index contributed by atoms with van der Waals surface area (Å²) < 4.78 is 6.53. The summed E-state index contributed by atoms with van der Waals surface area (Å²) in [6.45, 7) is 0.290. The Labute approximate surface area is 145 Å². The van der Waals surface area contributed by atoms with Crippen LogP contribution in [-0.2, 0) is 11.4 Å². The molecule has 2 aromatic carbocycles. The van der Waals surface area contributed by atoms with E-state index in [1.165, 1.54) is 18.2 Å². The molecule has 0 aliphatic heterocycles. The van der Waals surface area contributed by atoms with Crippen LogP contribution in [0.25, 0.3) is 6.08 Å². The Bertz CT molecular complexity index is 756. The Morgan fingerprint density at radius 1 is 1.26 bits per heavy atom. The van der Waals surface area contributed by atoms with Crippen molar-refractivity contribution in [2.75, 3.05) is 0 Å².